The lowest BCUT2D eigenvalue weighted by Crippen LogP contribution is -2.13. The molecule has 0 atom stereocenters. The Labute approximate surface area is 103 Å². The van der Waals surface area contributed by atoms with Gasteiger partial charge in [-0.1, -0.05) is 17.8 Å². The van der Waals surface area contributed by atoms with Gasteiger partial charge >= 0.3 is 0 Å². The Bertz CT molecular complexity index is 374. The summed E-state index contributed by atoms with van der Waals surface area (Å²) in [6, 6.07) is 6.36. The zero-order chi connectivity index (χ0) is 12.7. The number of benzene rings is 1. The van der Waals surface area contributed by atoms with Crippen LogP contribution < -0.4 is 5.32 Å². The van der Waals surface area contributed by atoms with E-state index in [0.29, 0.717) is 29.0 Å². The highest BCUT2D eigenvalue weighted by atomic mass is 32.2. The molecular formula is C11H13F2NO2S. The maximum Gasteiger partial charge on any atom is 0.288 e. The highest BCUT2D eigenvalue weighted by Crippen LogP contribution is 2.27. The monoisotopic (exact) mass is 261 g/mol. The van der Waals surface area contributed by atoms with Crippen molar-refractivity contribution in [2.75, 3.05) is 19.0 Å². The fourth-order valence-corrected chi connectivity index (χ4v) is 1.73. The molecule has 6 heteroatoms. The van der Waals surface area contributed by atoms with Gasteiger partial charge in [0.15, 0.2) is 0 Å². The minimum Gasteiger partial charge on any atom is -0.384 e. The Morgan fingerprint density at radius 2 is 2.29 bits per heavy atom. The number of ether oxygens (including phenoxy) is 1. The molecule has 3 nitrogen and oxygen atoms in total. The van der Waals surface area contributed by atoms with Gasteiger partial charge in [0, 0.05) is 17.7 Å². The summed E-state index contributed by atoms with van der Waals surface area (Å²) >= 11 is 0.448. The SMILES string of the molecule is COCCC(=O)Nc1cccc(SC(F)F)c1. The molecule has 0 aromatic heterocycles. The standard InChI is InChI=1S/C11H13F2NO2S/c1-16-6-5-10(15)14-8-3-2-4-9(7-8)17-11(12)13/h2-4,7,11H,5-6H2,1H3,(H,14,15). The van der Waals surface area contributed by atoms with Crippen LogP contribution in [0, 0.1) is 0 Å². The van der Waals surface area contributed by atoms with Crippen molar-refractivity contribution >= 4 is 23.4 Å². The predicted molar refractivity (Wildman–Crippen MR) is 63.4 cm³/mol. The number of thioether (sulfide) groups is 1. The van der Waals surface area contributed by atoms with Gasteiger partial charge in [0.2, 0.25) is 5.91 Å². The van der Waals surface area contributed by atoms with Gasteiger partial charge < -0.3 is 10.1 Å². The molecule has 0 bridgehead atoms. The molecule has 0 saturated heterocycles. The number of hydrogen-bond donors (Lipinski definition) is 1. The third-order valence-electron chi connectivity index (χ3n) is 1.88. The van der Waals surface area contributed by atoms with Crippen LogP contribution in [0.2, 0.25) is 0 Å². The molecule has 0 aliphatic carbocycles. The molecule has 0 radical (unpaired) electrons. The number of anilines is 1. The van der Waals surface area contributed by atoms with Gasteiger partial charge in [0.1, 0.15) is 0 Å². The van der Waals surface area contributed by atoms with Crippen LogP contribution >= 0.6 is 11.8 Å². The van der Waals surface area contributed by atoms with E-state index in [2.05, 4.69) is 5.32 Å². The van der Waals surface area contributed by atoms with Gasteiger partial charge in [0.05, 0.1) is 13.0 Å². The molecule has 0 unspecified atom stereocenters. The highest BCUT2D eigenvalue weighted by Gasteiger charge is 2.07. The predicted octanol–water partition coefficient (Wildman–Crippen LogP) is 2.98. The van der Waals surface area contributed by atoms with E-state index < -0.39 is 5.76 Å². The summed E-state index contributed by atoms with van der Waals surface area (Å²) < 4.78 is 29.0. The quantitative estimate of drug-likeness (QED) is 0.800. The van der Waals surface area contributed by atoms with E-state index in [4.69, 9.17) is 4.74 Å². The van der Waals surface area contributed by atoms with Crippen molar-refractivity contribution in [2.24, 2.45) is 0 Å². The van der Waals surface area contributed by atoms with Crippen molar-refractivity contribution in [1.29, 1.82) is 0 Å². The molecule has 0 saturated carbocycles. The highest BCUT2D eigenvalue weighted by molar-refractivity contribution is 7.99. The van der Waals surface area contributed by atoms with Crippen LogP contribution in [0.4, 0.5) is 14.5 Å². The van der Waals surface area contributed by atoms with Gasteiger partial charge in [-0.15, -0.1) is 0 Å². The average Bonchev–Trinajstić information content (AvgIpc) is 2.26. The molecule has 1 aromatic rings. The first-order valence-corrected chi connectivity index (χ1v) is 5.83. The Balaban J connectivity index is 2.56. The summed E-state index contributed by atoms with van der Waals surface area (Å²) in [5, 5.41) is 2.61. The summed E-state index contributed by atoms with van der Waals surface area (Å²) in [4.78, 5) is 11.8. The molecule has 1 N–H and O–H groups in total. The number of rotatable bonds is 6. The minimum absolute atomic E-state index is 0.203. The topological polar surface area (TPSA) is 38.3 Å². The normalized spacial score (nSPS) is 10.6. The molecule has 1 amide bonds. The molecule has 1 aromatic carbocycles. The summed E-state index contributed by atoms with van der Waals surface area (Å²) in [5.41, 5.74) is 0.511. The van der Waals surface area contributed by atoms with Gasteiger partial charge in [-0.3, -0.25) is 4.79 Å². The van der Waals surface area contributed by atoms with E-state index in [1.54, 1.807) is 18.2 Å². The fourth-order valence-electron chi connectivity index (χ4n) is 1.17. The Kier molecular flexibility index (Phi) is 5.93. The number of methoxy groups -OCH3 is 1. The molecular weight excluding hydrogens is 248 g/mol. The largest absolute Gasteiger partial charge is 0.384 e. The van der Waals surface area contributed by atoms with Crippen molar-refractivity contribution in [3.63, 3.8) is 0 Å². The summed E-state index contributed by atoms with van der Waals surface area (Å²) in [6.07, 6.45) is 0.239. The van der Waals surface area contributed by atoms with Crippen LogP contribution in [0.1, 0.15) is 6.42 Å². The second-order valence-electron chi connectivity index (χ2n) is 3.20. The number of alkyl halides is 2. The molecule has 0 heterocycles. The first-order chi connectivity index (χ1) is 8.11. The van der Waals surface area contributed by atoms with E-state index >= 15 is 0 Å². The molecule has 1 rings (SSSR count). The van der Waals surface area contributed by atoms with Gasteiger partial charge in [0.25, 0.3) is 5.76 Å². The number of halogens is 2. The van der Waals surface area contributed by atoms with Gasteiger partial charge in [-0.2, -0.15) is 8.78 Å². The van der Waals surface area contributed by atoms with E-state index in [1.165, 1.54) is 13.2 Å². The van der Waals surface area contributed by atoms with Crippen molar-refractivity contribution in [1.82, 2.24) is 0 Å². The molecule has 0 aliphatic rings. The average molecular weight is 261 g/mol. The van der Waals surface area contributed by atoms with Gasteiger partial charge in [-0.25, -0.2) is 0 Å². The van der Waals surface area contributed by atoms with Gasteiger partial charge in [-0.05, 0) is 18.2 Å². The summed E-state index contributed by atoms with van der Waals surface area (Å²) in [6.45, 7) is 0.331. The number of amides is 1. The molecule has 0 spiro atoms. The van der Waals surface area contributed by atoms with Crippen molar-refractivity contribution < 1.29 is 18.3 Å². The zero-order valence-electron chi connectivity index (χ0n) is 9.28. The molecule has 17 heavy (non-hydrogen) atoms. The van der Waals surface area contributed by atoms with Crippen LogP contribution in [0.25, 0.3) is 0 Å². The van der Waals surface area contributed by atoms with Crippen molar-refractivity contribution in [2.45, 2.75) is 17.1 Å². The number of carbonyl (C=O) groups is 1. The lowest BCUT2D eigenvalue weighted by Gasteiger charge is -2.06. The maximum absolute atomic E-state index is 12.1. The van der Waals surface area contributed by atoms with E-state index in [-0.39, 0.29) is 12.3 Å². The van der Waals surface area contributed by atoms with Crippen LogP contribution in [0.15, 0.2) is 29.2 Å². The van der Waals surface area contributed by atoms with E-state index in [1.807, 2.05) is 0 Å². The first-order valence-electron chi connectivity index (χ1n) is 4.95. The fraction of sp³-hybridized carbons (Fsp3) is 0.364. The molecule has 0 fully saturated rings. The van der Waals surface area contributed by atoms with Crippen LogP contribution in [-0.2, 0) is 9.53 Å². The van der Waals surface area contributed by atoms with Crippen LogP contribution in [0.5, 0.6) is 0 Å². The summed E-state index contributed by atoms with van der Waals surface area (Å²) in [7, 11) is 1.51. The number of nitrogens with one attached hydrogen (secondary N) is 1. The molecule has 0 aliphatic heterocycles. The van der Waals surface area contributed by atoms with Crippen LogP contribution in [0.3, 0.4) is 0 Å². The Morgan fingerprint density at radius 1 is 1.53 bits per heavy atom. The van der Waals surface area contributed by atoms with Crippen LogP contribution in [-0.4, -0.2) is 25.4 Å². The Hall–Kier alpha value is -1.14. The zero-order valence-corrected chi connectivity index (χ0v) is 10.1. The van der Waals surface area contributed by atoms with Crippen molar-refractivity contribution in [3.8, 4) is 0 Å². The lowest BCUT2D eigenvalue weighted by atomic mass is 10.3. The number of hydrogen-bond acceptors (Lipinski definition) is 3. The second kappa shape index (κ2) is 7.24. The third kappa shape index (κ3) is 5.65. The third-order valence-corrected chi connectivity index (χ3v) is 2.58. The second-order valence-corrected chi connectivity index (χ2v) is 4.26. The number of carbonyl (C=O) groups excluding carboxylic acids is 1. The lowest BCUT2D eigenvalue weighted by molar-refractivity contribution is -0.117. The van der Waals surface area contributed by atoms with E-state index in [9.17, 15) is 13.6 Å². The Morgan fingerprint density at radius 3 is 2.94 bits per heavy atom. The van der Waals surface area contributed by atoms with Crippen molar-refractivity contribution in [3.05, 3.63) is 24.3 Å². The minimum atomic E-state index is -2.46. The smallest absolute Gasteiger partial charge is 0.288 e. The molecule has 94 valence electrons. The summed E-state index contributed by atoms with van der Waals surface area (Å²) in [5.74, 6) is -2.67. The maximum atomic E-state index is 12.1. The first kappa shape index (κ1) is 13.9. The van der Waals surface area contributed by atoms with E-state index in [0.717, 1.165) is 0 Å².